The van der Waals surface area contributed by atoms with Crippen molar-refractivity contribution in [3.05, 3.63) is 34.6 Å². The second kappa shape index (κ2) is 6.61. The molecule has 1 aromatic carbocycles. The normalized spacial score (nSPS) is 13.1. The van der Waals surface area contributed by atoms with Crippen LogP contribution < -0.4 is 0 Å². The Balaban J connectivity index is 2.45. The number of alkyl halides is 1. The summed E-state index contributed by atoms with van der Waals surface area (Å²) in [6.07, 6.45) is 3.06. The average Bonchev–Trinajstić information content (AvgIpc) is 2.19. The molecule has 0 radical (unpaired) electrons. The Bertz CT molecular complexity index is 339. The third kappa shape index (κ3) is 4.84. The van der Waals surface area contributed by atoms with E-state index in [0.717, 1.165) is 24.8 Å². The van der Waals surface area contributed by atoms with Gasteiger partial charge >= 0.3 is 0 Å². The number of halogens is 3. The lowest BCUT2D eigenvalue weighted by molar-refractivity contribution is 0.553. The van der Waals surface area contributed by atoms with Crippen LogP contribution in [0.2, 0.25) is 5.02 Å². The molecule has 1 unspecified atom stereocenters. The summed E-state index contributed by atoms with van der Waals surface area (Å²) in [5, 5.41) is 0.196. The maximum atomic E-state index is 13.2. The minimum absolute atomic E-state index is 0.196. The van der Waals surface area contributed by atoms with Crippen LogP contribution >= 0.6 is 27.5 Å². The predicted octanol–water partition coefficient (Wildman–Crippen LogP) is 5.22. The molecular formula is C13H17BrClF. The van der Waals surface area contributed by atoms with Gasteiger partial charge in [0.2, 0.25) is 0 Å². The Hall–Kier alpha value is -0.0800. The standard InChI is InChI=1S/C13H17BrClF/c1-9(2)7-11(14)5-3-10-4-6-12(15)13(16)8-10/h4,6,8-9,11H,3,5,7H2,1-2H3. The lowest BCUT2D eigenvalue weighted by atomic mass is 10.0. The number of aryl methyl sites for hydroxylation is 1. The van der Waals surface area contributed by atoms with Gasteiger partial charge in [0.05, 0.1) is 5.02 Å². The fourth-order valence-corrected chi connectivity index (χ4v) is 2.74. The Labute approximate surface area is 110 Å². The molecule has 0 saturated heterocycles. The van der Waals surface area contributed by atoms with Crippen LogP contribution in [0, 0.1) is 11.7 Å². The minimum Gasteiger partial charge on any atom is -0.205 e. The minimum atomic E-state index is -0.325. The molecule has 0 nitrogen and oxygen atoms in total. The molecule has 0 N–H and O–H groups in total. The van der Waals surface area contributed by atoms with E-state index in [2.05, 4.69) is 29.8 Å². The van der Waals surface area contributed by atoms with Crippen LogP contribution in [0.5, 0.6) is 0 Å². The number of hydrogen-bond acceptors (Lipinski definition) is 0. The van der Waals surface area contributed by atoms with Crippen molar-refractivity contribution in [3.63, 3.8) is 0 Å². The van der Waals surface area contributed by atoms with Gasteiger partial charge in [0.1, 0.15) is 5.82 Å². The van der Waals surface area contributed by atoms with Crippen LogP contribution in [0.15, 0.2) is 18.2 Å². The smallest absolute Gasteiger partial charge is 0.142 e. The maximum Gasteiger partial charge on any atom is 0.142 e. The molecule has 0 amide bonds. The highest BCUT2D eigenvalue weighted by Gasteiger charge is 2.08. The summed E-state index contributed by atoms with van der Waals surface area (Å²) in [5.41, 5.74) is 1.01. The van der Waals surface area contributed by atoms with Gasteiger partial charge in [-0.15, -0.1) is 0 Å². The molecule has 0 bridgehead atoms. The molecule has 3 heteroatoms. The Morgan fingerprint density at radius 3 is 2.62 bits per heavy atom. The molecule has 0 fully saturated rings. The van der Waals surface area contributed by atoms with Crippen molar-refractivity contribution in [2.45, 2.75) is 37.9 Å². The number of benzene rings is 1. The summed E-state index contributed by atoms with van der Waals surface area (Å²) in [6, 6.07) is 5.04. The van der Waals surface area contributed by atoms with Crippen LogP contribution in [-0.4, -0.2) is 4.83 Å². The highest BCUT2D eigenvalue weighted by Crippen LogP contribution is 2.21. The van der Waals surface area contributed by atoms with E-state index in [1.165, 1.54) is 6.07 Å². The first kappa shape index (κ1) is 14.0. The molecule has 0 spiro atoms. The first-order valence-electron chi connectivity index (χ1n) is 5.57. The van der Waals surface area contributed by atoms with Gasteiger partial charge in [-0.1, -0.05) is 47.4 Å². The predicted molar refractivity (Wildman–Crippen MR) is 71.9 cm³/mol. The van der Waals surface area contributed by atoms with Gasteiger partial charge < -0.3 is 0 Å². The zero-order chi connectivity index (χ0) is 12.1. The Morgan fingerprint density at radius 1 is 1.38 bits per heavy atom. The van der Waals surface area contributed by atoms with Gasteiger partial charge in [-0.3, -0.25) is 0 Å². The highest BCUT2D eigenvalue weighted by molar-refractivity contribution is 9.09. The lowest BCUT2D eigenvalue weighted by Crippen LogP contribution is -2.04. The van der Waals surface area contributed by atoms with Gasteiger partial charge in [-0.2, -0.15) is 0 Å². The van der Waals surface area contributed by atoms with Gasteiger partial charge in [0.15, 0.2) is 0 Å². The summed E-state index contributed by atoms with van der Waals surface area (Å²) in [5.74, 6) is 0.362. The van der Waals surface area contributed by atoms with Gasteiger partial charge in [-0.05, 0) is 42.9 Å². The summed E-state index contributed by atoms with van der Waals surface area (Å²) < 4.78 is 13.2. The average molecular weight is 308 g/mol. The Kier molecular flexibility index (Phi) is 5.77. The van der Waals surface area contributed by atoms with Crippen molar-refractivity contribution in [1.29, 1.82) is 0 Å². The van der Waals surface area contributed by atoms with E-state index in [1.54, 1.807) is 6.07 Å². The van der Waals surface area contributed by atoms with Crippen LogP contribution in [0.1, 0.15) is 32.3 Å². The molecule has 1 atom stereocenters. The molecule has 0 aliphatic carbocycles. The van der Waals surface area contributed by atoms with Crippen molar-refractivity contribution in [1.82, 2.24) is 0 Å². The molecule has 0 saturated carbocycles. The summed E-state index contributed by atoms with van der Waals surface area (Å²) in [4.78, 5) is 0.506. The quantitative estimate of drug-likeness (QED) is 0.654. The van der Waals surface area contributed by atoms with E-state index in [4.69, 9.17) is 11.6 Å². The molecule has 0 aromatic heterocycles. The molecule has 0 aliphatic heterocycles. The van der Waals surface area contributed by atoms with Gasteiger partial charge in [0, 0.05) is 4.83 Å². The molecule has 16 heavy (non-hydrogen) atoms. The first-order chi connectivity index (χ1) is 7.49. The number of rotatable bonds is 5. The van der Waals surface area contributed by atoms with Gasteiger partial charge in [0.25, 0.3) is 0 Å². The van der Waals surface area contributed by atoms with E-state index in [1.807, 2.05) is 6.07 Å². The molecule has 0 heterocycles. The zero-order valence-electron chi connectivity index (χ0n) is 9.64. The van der Waals surface area contributed by atoms with Crippen molar-refractivity contribution >= 4 is 27.5 Å². The molecule has 1 rings (SSSR count). The summed E-state index contributed by atoms with van der Waals surface area (Å²) in [6.45, 7) is 4.41. The molecular weight excluding hydrogens is 290 g/mol. The monoisotopic (exact) mass is 306 g/mol. The fourth-order valence-electron chi connectivity index (χ4n) is 1.65. The second-order valence-corrected chi connectivity index (χ2v) is 6.22. The third-order valence-corrected chi connectivity index (χ3v) is 3.60. The van der Waals surface area contributed by atoms with E-state index < -0.39 is 0 Å². The first-order valence-corrected chi connectivity index (χ1v) is 6.86. The van der Waals surface area contributed by atoms with Crippen molar-refractivity contribution in [3.8, 4) is 0 Å². The lowest BCUT2D eigenvalue weighted by Gasteiger charge is -2.12. The molecule has 0 aliphatic rings. The molecule has 1 aromatic rings. The van der Waals surface area contributed by atoms with E-state index in [9.17, 15) is 4.39 Å². The second-order valence-electron chi connectivity index (χ2n) is 4.51. The topological polar surface area (TPSA) is 0 Å². The van der Waals surface area contributed by atoms with Gasteiger partial charge in [-0.25, -0.2) is 4.39 Å². The van der Waals surface area contributed by atoms with Crippen LogP contribution in [0.3, 0.4) is 0 Å². The summed E-state index contributed by atoms with van der Waals surface area (Å²) >= 11 is 9.28. The highest BCUT2D eigenvalue weighted by atomic mass is 79.9. The van der Waals surface area contributed by atoms with Crippen LogP contribution in [-0.2, 0) is 6.42 Å². The Morgan fingerprint density at radius 2 is 2.06 bits per heavy atom. The largest absolute Gasteiger partial charge is 0.205 e. The number of hydrogen-bond donors (Lipinski definition) is 0. The SMILES string of the molecule is CC(C)CC(Br)CCc1ccc(Cl)c(F)c1. The van der Waals surface area contributed by atoms with Crippen molar-refractivity contribution in [2.75, 3.05) is 0 Å². The van der Waals surface area contributed by atoms with E-state index in [-0.39, 0.29) is 10.8 Å². The molecule has 90 valence electrons. The van der Waals surface area contributed by atoms with E-state index >= 15 is 0 Å². The van der Waals surface area contributed by atoms with Crippen molar-refractivity contribution < 1.29 is 4.39 Å². The van der Waals surface area contributed by atoms with Crippen molar-refractivity contribution in [2.24, 2.45) is 5.92 Å². The zero-order valence-corrected chi connectivity index (χ0v) is 12.0. The summed E-state index contributed by atoms with van der Waals surface area (Å²) in [7, 11) is 0. The van der Waals surface area contributed by atoms with E-state index in [0.29, 0.717) is 10.7 Å². The van der Waals surface area contributed by atoms with Crippen LogP contribution in [0.25, 0.3) is 0 Å². The van der Waals surface area contributed by atoms with Crippen LogP contribution in [0.4, 0.5) is 4.39 Å². The maximum absolute atomic E-state index is 13.2. The third-order valence-electron chi connectivity index (χ3n) is 2.46. The fraction of sp³-hybridized carbons (Fsp3) is 0.538.